The molecular formula is C18H19FN2O3. The average Bonchev–Trinajstić information content (AvgIpc) is 2.54. The second kappa shape index (κ2) is 6.57. The van der Waals surface area contributed by atoms with Crippen LogP contribution in [0.4, 0.5) is 4.39 Å². The molecule has 1 aromatic heterocycles. The number of halogens is 1. The number of benzene rings is 1. The Bertz CT molecular complexity index is 792. The van der Waals surface area contributed by atoms with Crippen molar-refractivity contribution >= 4 is 5.91 Å². The van der Waals surface area contributed by atoms with Gasteiger partial charge in [-0.05, 0) is 43.0 Å². The molecule has 0 unspecified atom stereocenters. The van der Waals surface area contributed by atoms with Crippen molar-refractivity contribution in [3.05, 3.63) is 46.9 Å². The quantitative estimate of drug-likeness (QED) is 0.935. The van der Waals surface area contributed by atoms with Crippen LogP contribution in [0.5, 0.6) is 5.88 Å². The average molecular weight is 330 g/mol. The minimum Gasteiger partial charge on any atom is -0.472 e. The first-order chi connectivity index (χ1) is 11.5. The maximum absolute atomic E-state index is 14.4. The SMILES string of the molecule is COC[C@H]1CCc2c(-c3ccc(C)cc3F)cc(C(N)=O)nc2O1. The normalized spacial score (nSPS) is 16.4. The number of hydrogen-bond acceptors (Lipinski definition) is 4. The Kier molecular flexibility index (Phi) is 4.49. The van der Waals surface area contributed by atoms with Gasteiger partial charge >= 0.3 is 0 Å². The van der Waals surface area contributed by atoms with Gasteiger partial charge in [0.05, 0.1) is 6.61 Å². The fourth-order valence-electron chi connectivity index (χ4n) is 2.92. The van der Waals surface area contributed by atoms with Crippen molar-refractivity contribution in [2.75, 3.05) is 13.7 Å². The first-order valence-corrected chi connectivity index (χ1v) is 7.75. The van der Waals surface area contributed by atoms with Crippen molar-refractivity contribution in [3.63, 3.8) is 0 Å². The van der Waals surface area contributed by atoms with E-state index >= 15 is 0 Å². The number of aromatic nitrogens is 1. The summed E-state index contributed by atoms with van der Waals surface area (Å²) in [5, 5.41) is 0. The standard InChI is InChI=1S/C18H19FN2O3/c1-10-3-5-12(15(19)7-10)14-8-16(17(20)22)21-18-13(14)6-4-11(24-18)9-23-2/h3,5,7-8,11H,4,6,9H2,1-2H3,(H2,20,22)/t11-/m1/s1. The smallest absolute Gasteiger partial charge is 0.267 e. The van der Waals surface area contributed by atoms with Crippen LogP contribution in [0.2, 0.25) is 0 Å². The van der Waals surface area contributed by atoms with Crippen LogP contribution in [-0.2, 0) is 11.2 Å². The van der Waals surface area contributed by atoms with Crippen LogP contribution in [-0.4, -0.2) is 30.7 Å². The summed E-state index contributed by atoms with van der Waals surface area (Å²) in [4.78, 5) is 15.8. The van der Waals surface area contributed by atoms with Gasteiger partial charge < -0.3 is 15.2 Å². The number of nitrogens with zero attached hydrogens (tertiary/aromatic N) is 1. The Hall–Kier alpha value is -2.47. The van der Waals surface area contributed by atoms with Gasteiger partial charge in [0.2, 0.25) is 5.88 Å². The zero-order valence-corrected chi connectivity index (χ0v) is 13.6. The molecule has 0 fully saturated rings. The van der Waals surface area contributed by atoms with Crippen LogP contribution in [0, 0.1) is 12.7 Å². The summed E-state index contributed by atoms with van der Waals surface area (Å²) in [6.45, 7) is 2.25. The lowest BCUT2D eigenvalue weighted by atomic mass is 9.93. The van der Waals surface area contributed by atoms with E-state index in [2.05, 4.69) is 4.98 Å². The van der Waals surface area contributed by atoms with Crippen LogP contribution < -0.4 is 10.5 Å². The minimum absolute atomic E-state index is 0.0572. The summed E-state index contributed by atoms with van der Waals surface area (Å²) in [7, 11) is 1.60. The number of nitrogens with two attached hydrogens (primary N) is 1. The van der Waals surface area contributed by atoms with E-state index in [1.54, 1.807) is 13.2 Å². The molecule has 0 saturated carbocycles. The molecule has 6 heteroatoms. The topological polar surface area (TPSA) is 74.4 Å². The highest BCUT2D eigenvalue weighted by molar-refractivity contribution is 5.93. The highest BCUT2D eigenvalue weighted by Crippen LogP contribution is 2.36. The van der Waals surface area contributed by atoms with Crippen molar-refractivity contribution in [2.24, 2.45) is 5.73 Å². The van der Waals surface area contributed by atoms with Gasteiger partial charge in [0, 0.05) is 18.2 Å². The fraction of sp³-hybridized carbons (Fsp3) is 0.333. The summed E-state index contributed by atoms with van der Waals surface area (Å²) < 4.78 is 25.4. The second-order valence-electron chi connectivity index (χ2n) is 5.92. The number of amides is 1. The molecule has 126 valence electrons. The number of methoxy groups -OCH3 is 1. The number of rotatable bonds is 4. The molecule has 2 heterocycles. The van der Waals surface area contributed by atoms with Crippen molar-refractivity contribution in [1.29, 1.82) is 0 Å². The number of ether oxygens (including phenoxy) is 2. The molecule has 5 nitrogen and oxygen atoms in total. The van der Waals surface area contributed by atoms with Gasteiger partial charge in [-0.15, -0.1) is 0 Å². The largest absolute Gasteiger partial charge is 0.472 e. The Morgan fingerprint density at radius 2 is 2.21 bits per heavy atom. The first kappa shape index (κ1) is 16.4. The van der Waals surface area contributed by atoms with E-state index in [-0.39, 0.29) is 17.6 Å². The van der Waals surface area contributed by atoms with Gasteiger partial charge in [-0.3, -0.25) is 4.79 Å². The summed E-state index contributed by atoms with van der Waals surface area (Å²) in [6, 6.07) is 6.53. The van der Waals surface area contributed by atoms with Gasteiger partial charge in [0.15, 0.2) is 0 Å². The van der Waals surface area contributed by atoms with Gasteiger partial charge in [-0.25, -0.2) is 9.37 Å². The minimum atomic E-state index is -0.677. The Labute approximate surface area is 139 Å². The molecule has 2 N–H and O–H groups in total. The monoisotopic (exact) mass is 330 g/mol. The molecule has 1 aliphatic rings. The number of primary amides is 1. The molecule has 24 heavy (non-hydrogen) atoms. The van der Waals surface area contributed by atoms with Crippen LogP contribution in [0.1, 0.15) is 28.0 Å². The first-order valence-electron chi connectivity index (χ1n) is 7.75. The van der Waals surface area contributed by atoms with Crippen molar-refractivity contribution < 1.29 is 18.7 Å². The predicted octanol–water partition coefficient (Wildman–Crippen LogP) is 2.64. The lowest BCUT2D eigenvalue weighted by Gasteiger charge is -2.26. The van der Waals surface area contributed by atoms with Gasteiger partial charge in [0.25, 0.3) is 5.91 Å². The predicted molar refractivity (Wildman–Crippen MR) is 87.5 cm³/mol. The molecular weight excluding hydrogens is 311 g/mol. The summed E-state index contributed by atoms with van der Waals surface area (Å²) >= 11 is 0. The molecule has 0 spiro atoms. The Morgan fingerprint density at radius 3 is 2.88 bits per heavy atom. The lowest BCUT2D eigenvalue weighted by Crippen LogP contribution is -2.29. The maximum Gasteiger partial charge on any atom is 0.267 e. The third-order valence-corrected chi connectivity index (χ3v) is 4.10. The number of pyridine rings is 1. The van der Waals surface area contributed by atoms with Gasteiger partial charge in [0.1, 0.15) is 17.6 Å². The molecule has 0 saturated heterocycles. The number of fused-ring (bicyclic) bond motifs is 1. The van der Waals surface area contributed by atoms with E-state index in [9.17, 15) is 9.18 Å². The van der Waals surface area contributed by atoms with Crippen LogP contribution >= 0.6 is 0 Å². The van der Waals surface area contributed by atoms with Crippen molar-refractivity contribution in [3.8, 4) is 17.0 Å². The third kappa shape index (κ3) is 3.10. The fourth-order valence-corrected chi connectivity index (χ4v) is 2.92. The molecule has 1 atom stereocenters. The number of hydrogen-bond donors (Lipinski definition) is 1. The summed E-state index contributed by atoms with van der Waals surface area (Å²) in [5.74, 6) is -0.698. The van der Waals surface area contributed by atoms with E-state index in [0.29, 0.717) is 30.0 Å². The summed E-state index contributed by atoms with van der Waals surface area (Å²) in [6.07, 6.45) is 1.26. The number of aryl methyl sites for hydroxylation is 1. The van der Waals surface area contributed by atoms with E-state index in [1.165, 1.54) is 12.1 Å². The van der Waals surface area contributed by atoms with Crippen molar-refractivity contribution in [1.82, 2.24) is 4.98 Å². The van der Waals surface area contributed by atoms with Gasteiger partial charge in [-0.1, -0.05) is 12.1 Å². The zero-order chi connectivity index (χ0) is 17.3. The molecule has 1 aromatic carbocycles. The molecule has 0 bridgehead atoms. The van der Waals surface area contributed by atoms with E-state index in [4.69, 9.17) is 15.2 Å². The summed E-state index contributed by atoms with van der Waals surface area (Å²) in [5.41, 5.74) is 8.05. The number of carbonyl (C=O) groups is 1. The highest BCUT2D eigenvalue weighted by atomic mass is 19.1. The van der Waals surface area contributed by atoms with Crippen molar-refractivity contribution in [2.45, 2.75) is 25.9 Å². The lowest BCUT2D eigenvalue weighted by molar-refractivity contribution is 0.0639. The highest BCUT2D eigenvalue weighted by Gasteiger charge is 2.26. The van der Waals surface area contributed by atoms with E-state index in [0.717, 1.165) is 17.5 Å². The third-order valence-electron chi connectivity index (χ3n) is 4.10. The van der Waals surface area contributed by atoms with Gasteiger partial charge in [-0.2, -0.15) is 0 Å². The molecule has 0 aliphatic carbocycles. The maximum atomic E-state index is 14.4. The molecule has 1 aliphatic heterocycles. The zero-order valence-electron chi connectivity index (χ0n) is 13.6. The molecule has 3 rings (SSSR count). The van der Waals surface area contributed by atoms with Crippen LogP contribution in [0.25, 0.3) is 11.1 Å². The van der Waals surface area contributed by atoms with E-state index < -0.39 is 5.91 Å². The van der Waals surface area contributed by atoms with Crippen LogP contribution in [0.3, 0.4) is 0 Å². The Morgan fingerprint density at radius 1 is 1.42 bits per heavy atom. The van der Waals surface area contributed by atoms with Crippen LogP contribution in [0.15, 0.2) is 24.3 Å². The number of carbonyl (C=O) groups excluding carboxylic acids is 1. The van der Waals surface area contributed by atoms with E-state index in [1.807, 2.05) is 13.0 Å². The molecule has 0 radical (unpaired) electrons. The molecule has 1 amide bonds. The molecule has 2 aromatic rings. The Balaban J connectivity index is 2.13. The second-order valence-corrected chi connectivity index (χ2v) is 5.92.